The molecule has 3 N–H and O–H groups in total. The summed E-state index contributed by atoms with van der Waals surface area (Å²) >= 11 is 0.752. The second kappa shape index (κ2) is 4.16. The van der Waals surface area contributed by atoms with E-state index in [9.17, 15) is 18.0 Å². The number of halogens is 3. The standard InChI is InChI=1S/C9H6F3N3O2S/c10-9(11,12)4-1-5(15-13)14-6-3(8(16)17)2-18-7(4)6/h1-2,7H,13H2,(H,16,17)/b15-5+. The summed E-state index contributed by atoms with van der Waals surface area (Å²) in [7, 11) is 0. The van der Waals surface area contributed by atoms with Crippen LogP contribution in [-0.2, 0) is 4.79 Å². The van der Waals surface area contributed by atoms with E-state index in [1.165, 1.54) is 0 Å². The Balaban J connectivity index is 2.48. The number of hydrazone groups is 1. The number of nitrogens with two attached hydrogens (primary N) is 1. The zero-order valence-corrected chi connectivity index (χ0v) is 9.42. The van der Waals surface area contributed by atoms with E-state index in [0.29, 0.717) is 0 Å². The van der Waals surface area contributed by atoms with Crippen LogP contribution in [0.3, 0.4) is 0 Å². The number of hydrogen-bond acceptors (Lipinski definition) is 4. The molecule has 1 atom stereocenters. The van der Waals surface area contributed by atoms with Gasteiger partial charge < -0.3 is 10.9 Å². The summed E-state index contributed by atoms with van der Waals surface area (Å²) in [5, 5.41) is 11.9. The SMILES string of the molecule is N/N=C1\C=C(C(F)(F)F)C2SC=C(C(=O)O)C2=N1. The third-order valence-electron chi connectivity index (χ3n) is 2.34. The summed E-state index contributed by atoms with van der Waals surface area (Å²) in [4.78, 5) is 14.6. The molecule has 2 heterocycles. The minimum Gasteiger partial charge on any atom is -0.478 e. The summed E-state index contributed by atoms with van der Waals surface area (Å²) in [5.41, 5.74) is -1.35. The van der Waals surface area contributed by atoms with Crippen molar-refractivity contribution in [2.75, 3.05) is 0 Å². The largest absolute Gasteiger partial charge is 0.478 e. The van der Waals surface area contributed by atoms with E-state index in [2.05, 4.69) is 10.1 Å². The van der Waals surface area contributed by atoms with Crippen LogP contribution in [0.4, 0.5) is 13.2 Å². The van der Waals surface area contributed by atoms with Crippen LogP contribution >= 0.6 is 11.8 Å². The maximum atomic E-state index is 12.8. The first-order chi connectivity index (χ1) is 8.34. The zero-order valence-electron chi connectivity index (χ0n) is 8.60. The van der Waals surface area contributed by atoms with Gasteiger partial charge in [0.15, 0.2) is 5.84 Å². The Morgan fingerprint density at radius 3 is 2.72 bits per heavy atom. The molecule has 96 valence electrons. The molecule has 18 heavy (non-hydrogen) atoms. The van der Waals surface area contributed by atoms with Crippen molar-refractivity contribution in [3.05, 3.63) is 22.6 Å². The maximum Gasteiger partial charge on any atom is 0.414 e. The number of amidine groups is 1. The van der Waals surface area contributed by atoms with Crippen molar-refractivity contribution in [1.29, 1.82) is 0 Å². The minimum absolute atomic E-state index is 0.175. The van der Waals surface area contributed by atoms with Gasteiger partial charge in [0.25, 0.3) is 0 Å². The first kappa shape index (κ1) is 12.7. The number of hydrogen-bond donors (Lipinski definition) is 2. The van der Waals surface area contributed by atoms with Gasteiger partial charge in [-0.3, -0.25) is 0 Å². The Hall–Kier alpha value is -1.77. The van der Waals surface area contributed by atoms with Crippen molar-refractivity contribution in [3.8, 4) is 0 Å². The van der Waals surface area contributed by atoms with Crippen LogP contribution in [0.1, 0.15) is 0 Å². The van der Waals surface area contributed by atoms with Gasteiger partial charge >= 0.3 is 12.1 Å². The smallest absolute Gasteiger partial charge is 0.414 e. The molecule has 0 aromatic carbocycles. The molecule has 0 fully saturated rings. The Bertz CT molecular complexity index is 534. The highest BCUT2D eigenvalue weighted by Gasteiger charge is 2.46. The average Bonchev–Trinajstić information content (AvgIpc) is 2.69. The highest BCUT2D eigenvalue weighted by atomic mass is 32.2. The summed E-state index contributed by atoms with van der Waals surface area (Å²) < 4.78 is 38.4. The summed E-state index contributed by atoms with van der Waals surface area (Å²) in [6.07, 6.45) is -3.86. The molecule has 0 bridgehead atoms. The van der Waals surface area contributed by atoms with Crippen LogP contribution in [0, 0.1) is 0 Å². The van der Waals surface area contributed by atoms with Crippen molar-refractivity contribution in [2.45, 2.75) is 11.4 Å². The number of aliphatic carboxylic acids is 1. The lowest BCUT2D eigenvalue weighted by atomic mass is 9.99. The molecule has 9 heteroatoms. The van der Waals surface area contributed by atoms with E-state index in [4.69, 9.17) is 10.9 Å². The van der Waals surface area contributed by atoms with Gasteiger partial charge in [-0.1, -0.05) is 0 Å². The number of fused-ring (bicyclic) bond motifs is 1. The predicted molar refractivity (Wildman–Crippen MR) is 60.3 cm³/mol. The minimum atomic E-state index is -4.59. The number of carboxylic acid groups (broad SMARTS) is 1. The monoisotopic (exact) mass is 277 g/mol. The first-order valence-electron chi connectivity index (χ1n) is 4.59. The zero-order chi connectivity index (χ0) is 13.5. The predicted octanol–water partition coefficient (Wildman–Crippen LogP) is 1.29. The molecule has 2 rings (SSSR count). The molecule has 0 aromatic rings. The van der Waals surface area contributed by atoms with Gasteiger partial charge in [-0.2, -0.15) is 18.3 Å². The highest BCUT2D eigenvalue weighted by Crippen LogP contribution is 2.42. The van der Waals surface area contributed by atoms with Gasteiger partial charge in [-0.25, -0.2) is 9.79 Å². The van der Waals surface area contributed by atoms with Gasteiger partial charge in [-0.15, -0.1) is 11.8 Å². The van der Waals surface area contributed by atoms with E-state index in [-0.39, 0.29) is 17.1 Å². The number of aliphatic imine (C=N–C) groups is 1. The number of dihydropyridines is 1. The van der Waals surface area contributed by atoms with Crippen LogP contribution in [0.2, 0.25) is 0 Å². The summed E-state index contributed by atoms with van der Waals surface area (Å²) in [5.74, 6) is 3.23. The van der Waals surface area contributed by atoms with Crippen LogP contribution in [0.25, 0.3) is 0 Å². The molecule has 5 nitrogen and oxygen atoms in total. The van der Waals surface area contributed by atoms with E-state index >= 15 is 0 Å². The van der Waals surface area contributed by atoms with Crippen molar-refractivity contribution in [2.24, 2.45) is 15.9 Å². The van der Waals surface area contributed by atoms with Gasteiger partial charge in [0.1, 0.15) is 0 Å². The van der Waals surface area contributed by atoms with Gasteiger partial charge in [0.2, 0.25) is 0 Å². The summed E-state index contributed by atoms with van der Waals surface area (Å²) in [6.45, 7) is 0. The number of thioether (sulfide) groups is 1. The Morgan fingerprint density at radius 2 is 2.22 bits per heavy atom. The number of rotatable bonds is 1. The Kier molecular flexibility index (Phi) is 2.93. The molecule has 0 aromatic heterocycles. The number of alkyl halides is 3. The third-order valence-corrected chi connectivity index (χ3v) is 3.46. The Morgan fingerprint density at radius 1 is 1.56 bits per heavy atom. The second-order valence-electron chi connectivity index (χ2n) is 3.43. The molecule has 2 aliphatic rings. The molecule has 1 unspecified atom stereocenters. The first-order valence-corrected chi connectivity index (χ1v) is 5.53. The van der Waals surface area contributed by atoms with E-state index < -0.39 is 23.0 Å². The molecule has 0 spiro atoms. The second-order valence-corrected chi connectivity index (χ2v) is 4.41. The van der Waals surface area contributed by atoms with Gasteiger partial charge in [0.05, 0.1) is 22.1 Å². The molecule has 0 amide bonds. The third kappa shape index (κ3) is 2.01. The molecule has 0 aliphatic carbocycles. The highest BCUT2D eigenvalue weighted by molar-refractivity contribution is 8.04. The topological polar surface area (TPSA) is 88.0 Å². The molecule has 0 saturated heterocycles. The van der Waals surface area contributed by atoms with Crippen LogP contribution < -0.4 is 5.84 Å². The van der Waals surface area contributed by atoms with Crippen LogP contribution in [0.5, 0.6) is 0 Å². The fourth-order valence-electron chi connectivity index (χ4n) is 1.57. The van der Waals surface area contributed by atoms with Crippen LogP contribution in [-0.4, -0.2) is 34.0 Å². The molecule has 0 radical (unpaired) electrons. The van der Waals surface area contributed by atoms with Crippen molar-refractivity contribution in [3.63, 3.8) is 0 Å². The molecule has 2 aliphatic heterocycles. The fraction of sp³-hybridized carbons (Fsp3) is 0.222. The number of carbonyl (C=O) groups is 1. The lowest BCUT2D eigenvalue weighted by Gasteiger charge is -2.22. The average molecular weight is 277 g/mol. The van der Waals surface area contributed by atoms with E-state index in [1.807, 2.05) is 0 Å². The van der Waals surface area contributed by atoms with E-state index in [0.717, 1.165) is 23.2 Å². The number of carboxylic acids is 1. The molecular formula is C9H6F3N3O2S. The molecule has 0 saturated carbocycles. The lowest BCUT2D eigenvalue weighted by Crippen LogP contribution is -2.32. The maximum absolute atomic E-state index is 12.8. The van der Waals surface area contributed by atoms with Crippen LogP contribution in [0.15, 0.2) is 32.7 Å². The van der Waals surface area contributed by atoms with Gasteiger partial charge in [0, 0.05) is 0 Å². The normalized spacial score (nSPS) is 25.4. The van der Waals surface area contributed by atoms with Crippen molar-refractivity contribution >= 4 is 29.3 Å². The molecular weight excluding hydrogens is 271 g/mol. The number of nitrogens with zero attached hydrogens (tertiary/aromatic N) is 2. The quantitative estimate of drug-likeness (QED) is 0.558. The summed E-state index contributed by atoms with van der Waals surface area (Å²) in [6, 6.07) is 0. The van der Waals surface area contributed by atoms with E-state index in [1.54, 1.807) is 0 Å². The van der Waals surface area contributed by atoms with Gasteiger partial charge in [-0.05, 0) is 11.5 Å². The lowest BCUT2D eigenvalue weighted by molar-refractivity contribution is -0.132. The van der Waals surface area contributed by atoms with Crippen molar-refractivity contribution < 1.29 is 23.1 Å². The fourth-order valence-corrected chi connectivity index (χ4v) is 2.72. The van der Waals surface area contributed by atoms with Crippen molar-refractivity contribution in [1.82, 2.24) is 0 Å². The Labute approximate surface area is 103 Å².